The molecule has 1 unspecified atom stereocenters. The lowest BCUT2D eigenvalue weighted by molar-refractivity contribution is -0.149. The summed E-state index contributed by atoms with van der Waals surface area (Å²) in [6.45, 7) is 0.222. The molecule has 1 aliphatic rings. The van der Waals surface area contributed by atoms with Crippen molar-refractivity contribution in [1.29, 1.82) is 0 Å². The SMILES string of the molecule is CSCCC(C(=O)OCCOc1ccccc1)N1C(=O)c2ccccc2C1=O. The summed E-state index contributed by atoms with van der Waals surface area (Å²) in [5.74, 6) is -0.209. The molecule has 28 heavy (non-hydrogen) atoms. The Balaban J connectivity index is 1.64. The summed E-state index contributed by atoms with van der Waals surface area (Å²) in [5, 5.41) is 0. The Hall–Kier alpha value is -2.80. The lowest BCUT2D eigenvalue weighted by Crippen LogP contribution is -2.46. The second kappa shape index (κ2) is 9.41. The fourth-order valence-corrected chi connectivity index (χ4v) is 3.45. The average Bonchev–Trinajstić information content (AvgIpc) is 2.98. The van der Waals surface area contributed by atoms with Crippen LogP contribution in [0, 0.1) is 0 Å². The van der Waals surface area contributed by atoms with Gasteiger partial charge >= 0.3 is 5.97 Å². The molecule has 6 nitrogen and oxygen atoms in total. The molecule has 7 heteroatoms. The van der Waals surface area contributed by atoms with Gasteiger partial charge in [-0.2, -0.15) is 11.8 Å². The van der Waals surface area contributed by atoms with Crippen LogP contribution in [0.15, 0.2) is 54.6 Å². The van der Waals surface area contributed by atoms with Gasteiger partial charge in [-0.05, 0) is 42.7 Å². The molecule has 0 aliphatic carbocycles. The zero-order valence-corrected chi connectivity index (χ0v) is 16.3. The molecule has 0 radical (unpaired) electrons. The van der Waals surface area contributed by atoms with Crippen LogP contribution in [0.25, 0.3) is 0 Å². The number of nitrogens with zero attached hydrogens (tertiary/aromatic N) is 1. The van der Waals surface area contributed by atoms with E-state index in [9.17, 15) is 14.4 Å². The molecular formula is C21H21NO5S. The van der Waals surface area contributed by atoms with Crippen molar-refractivity contribution in [2.45, 2.75) is 12.5 Å². The highest BCUT2D eigenvalue weighted by molar-refractivity contribution is 7.98. The summed E-state index contributed by atoms with van der Waals surface area (Å²) in [5.41, 5.74) is 0.642. The minimum absolute atomic E-state index is 0.0344. The number of thioether (sulfide) groups is 1. The first kappa shape index (κ1) is 19.9. The molecule has 1 heterocycles. The number of para-hydroxylation sites is 1. The maximum atomic E-state index is 12.7. The Morgan fingerprint density at radius 1 is 0.964 bits per heavy atom. The minimum Gasteiger partial charge on any atom is -0.490 e. The molecule has 0 saturated heterocycles. The average molecular weight is 399 g/mol. The number of hydrogen-bond donors (Lipinski definition) is 0. The number of benzene rings is 2. The molecule has 1 atom stereocenters. The Morgan fingerprint density at radius 3 is 2.18 bits per heavy atom. The third-order valence-corrected chi connectivity index (χ3v) is 4.99. The van der Waals surface area contributed by atoms with E-state index in [0.717, 1.165) is 4.90 Å². The quantitative estimate of drug-likeness (QED) is 0.367. The number of esters is 1. The van der Waals surface area contributed by atoms with Gasteiger partial charge in [-0.1, -0.05) is 30.3 Å². The molecule has 1 aliphatic heterocycles. The number of hydrogen-bond acceptors (Lipinski definition) is 6. The number of imide groups is 1. The van der Waals surface area contributed by atoms with E-state index in [2.05, 4.69) is 0 Å². The topological polar surface area (TPSA) is 72.9 Å². The van der Waals surface area contributed by atoms with E-state index in [4.69, 9.17) is 9.47 Å². The molecule has 0 saturated carbocycles. The summed E-state index contributed by atoms with van der Waals surface area (Å²) in [7, 11) is 0. The third kappa shape index (κ3) is 4.36. The number of amides is 2. The number of rotatable bonds is 9. The normalized spacial score (nSPS) is 14.0. The first-order valence-corrected chi connectivity index (χ1v) is 10.3. The van der Waals surface area contributed by atoms with Crippen LogP contribution in [0.1, 0.15) is 27.1 Å². The molecule has 3 rings (SSSR count). The van der Waals surface area contributed by atoms with Gasteiger partial charge in [0.1, 0.15) is 25.0 Å². The fraction of sp³-hybridized carbons (Fsp3) is 0.286. The number of carbonyl (C=O) groups excluding carboxylic acids is 3. The summed E-state index contributed by atoms with van der Waals surface area (Å²) in [6.07, 6.45) is 2.24. The number of carbonyl (C=O) groups is 3. The zero-order chi connectivity index (χ0) is 19.9. The van der Waals surface area contributed by atoms with Crippen LogP contribution in [-0.2, 0) is 9.53 Å². The van der Waals surface area contributed by atoms with Crippen molar-refractivity contribution in [3.05, 3.63) is 65.7 Å². The molecule has 2 amide bonds. The van der Waals surface area contributed by atoms with E-state index in [1.54, 1.807) is 24.3 Å². The Morgan fingerprint density at radius 2 is 1.57 bits per heavy atom. The summed E-state index contributed by atoms with van der Waals surface area (Å²) in [6, 6.07) is 14.8. The Labute approximate surface area is 167 Å². The van der Waals surface area contributed by atoms with Gasteiger partial charge in [0.2, 0.25) is 0 Å². The lowest BCUT2D eigenvalue weighted by atomic mass is 10.1. The highest BCUT2D eigenvalue weighted by atomic mass is 32.2. The van der Waals surface area contributed by atoms with Gasteiger partial charge in [0.25, 0.3) is 11.8 Å². The second-order valence-corrected chi connectivity index (χ2v) is 7.14. The third-order valence-electron chi connectivity index (χ3n) is 4.34. The maximum Gasteiger partial charge on any atom is 0.329 e. The molecule has 2 aromatic carbocycles. The standard InChI is InChI=1S/C21H21NO5S/c1-28-14-11-18(21(25)27-13-12-26-15-7-3-2-4-8-15)22-19(23)16-9-5-6-10-17(16)20(22)24/h2-10,18H,11-14H2,1H3. The summed E-state index contributed by atoms with van der Waals surface area (Å²) >= 11 is 1.54. The van der Waals surface area contributed by atoms with E-state index < -0.39 is 23.8 Å². The smallest absolute Gasteiger partial charge is 0.329 e. The van der Waals surface area contributed by atoms with Crippen LogP contribution in [0.2, 0.25) is 0 Å². The van der Waals surface area contributed by atoms with Gasteiger partial charge in [-0.15, -0.1) is 0 Å². The van der Waals surface area contributed by atoms with Gasteiger partial charge in [0.15, 0.2) is 0 Å². The fourth-order valence-electron chi connectivity index (χ4n) is 2.99. The molecule has 0 bridgehead atoms. The predicted molar refractivity (Wildman–Crippen MR) is 107 cm³/mol. The summed E-state index contributed by atoms with van der Waals surface area (Å²) in [4.78, 5) is 39.1. The van der Waals surface area contributed by atoms with Crippen molar-refractivity contribution in [1.82, 2.24) is 4.90 Å². The van der Waals surface area contributed by atoms with Crippen molar-refractivity contribution >= 4 is 29.5 Å². The van der Waals surface area contributed by atoms with E-state index in [-0.39, 0.29) is 13.2 Å². The van der Waals surface area contributed by atoms with Crippen LogP contribution in [0.4, 0.5) is 0 Å². The highest BCUT2D eigenvalue weighted by Crippen LogP contribution is 2.26. The largest absolute Gasteiger partial charge is 0.490 e. The lowest BCUT2D eigenvalue weighted by Gasteiger charge is -2.24. The maximum absolute atomic E-state index is 12.7. The van der Waals surface area contributed by atoms with Crippen molar-refractivity contribution < 1.29 is 23.9 Å². The first-order chi connectivity index (χ1) is 13.6. The number of fused-ring (bicyclic) bond motifs is 1. The van der Waals surface area contributed by atoms with Crippen LogP contribution < -0.4 is 4.74 Å². The van der Waals surface area contributed by atoms with E-state index in [1.807, 2.05) is 36.6 Å². The van der Waals surface area contributed by atoms with Crippen molar-refractivity contribution in [2.24, 2.45) is 0 Å². The molecule has 0 fully saturated rings. The van der Waals surface area contributed by atoms with E-state index >= 15 is 0 Å². The Bertz CT molecular complexity index is 820. The Kier molecular flexibility index (Phi) is 6.71. The summed E-state index contributed by atoms with van der Waals surface area (Å²) < 4.78 is 10.8. The molecule has 0 aromatic heterocycles. The van der Waals surface area contributed by atoms with E-state index in [1.165, 1.54) is 11.8 Å². The van der Waals surface area contributed by atoms with Crippen molar-refractivity contribution in [2.75, 3.05) is 25.2 Å². The van der Waals surface area contributed by atoms with Crippen molar-refractivity contribution in [3.63, 3.8) is 0 Å². The van der Waals surface area contributed by atoms with Gasteiger partial charge in [-0.25, -0.2) is 4.79 Å². The van der Waals surface area contributed by atoms with E-state index in [0.29, 0.717) is 29.1 Å². The molecule has 146 valence electrons. The van der Waals surface area contributed by atoms with Crippen molar-refractivity contribution in [3.8, 4) is 5.75 Å². The molecule has 0 N–H and O–H groups in total. The zero-order valence-electron chi connectivity index (χ0n) is 15.5. The van der Waals surface area contributed by atoms with Gasteiger partial charge in [-0.3, -0.25) is 14.5 Å². The van der Waals surface area contributed by atoms with Gasteiger partial charge in [0.05, 0.1) is 11.1 Å². The van der Waals surface area contributed by atoms with Gasteiger partial charge in [0, 0.05) is 0 Å². The van der Waals surface area contributed by atoms with Gasteiger partial charge < -0.3 is 9.47 Å². The number of ether oxygens (including phenoxy) is 2. The second-order valence-electron chi connectivity index (χ2n) is 6.15. The predicted octanol–water partition coefficient (Wildman–Crippen LogP) is 3.03. The molecule has 0 spiro atoms. The molecule has 2 aromatic rings. The molecular weight excluding hydrogens is 378 g/mol. The van der Waals surface area contributed by atoms with Crippen LogP contribution in [-0.4, -0.2) is 53.9 Å². The highest BCUT2D eigenvalue weighted by Gasteiger charge is 2.43. The van der Waals surface area contributed by atoms with Crippen LogP contribution in [0.3, 0.4) is 0 Å². The van der Waals surface area contributed by atoms with Crippen LogP contribution in [0.5, 0.6) is 5.75 Å². The monoisotopic (exact) mass is 399 g/mol. The minimum atomic E-state index is -0.948. The van der Waals surface area contributed by atoms with Crippen LogP contribution >= 0.6 is 11.8 Å². The first-order valence-electron chi connectivity index (χ1n) is 8.94.